The van der Waals surface area contributed by atoms with Gasteiger partial charge in [0.15, 0.2) is 0 Å². The molecule has 0 unspecified atom stereocenters. The fraction of sp³-hybridized carbons (Fsp3) is 0.231. The second kappa shape index (κ2) is 5.30. The van der Waals surface area contributed by atoms with Gasteiger partial charge in [-0.2, -0.15) is 9.97 Å². The van der Waals surface area contributed by atoms with Gasteiger partial charge in [-0.15, -0.1) is 11.3 Å². The largest absolute Gasteiger partial charge is 0.324 e. The predicted octanol–water partition coefficient (Wildman–Crippen LogP) is 4.00. The first-order valence-electron chi connectivity index (χ1n) is 6.13. The molecule has 0 radical (unpaired) electrons. The standard InChI is InChI=1S/C13H12ClN5S/c1-7(2)11-17-12(14)19-13(18-11)16-8-3-4-9-10(5-8)20-6-15-9/h3-7H,1-2H3,(H,16,17,18,19). The van der Waals surface area contributed by atoms with Crippen LogP contribution in [0.2, 0.25) is 5.28 Å². The zero-order chi connectivity index (χ0) is 14.1. The number of hydrogen-bond donors (Lipinski definition) is 1. The fourth-order valence-corrected chi connectivity index (χ4v) is 2.62. The van der Waals surface area contributed by atoms with E-state index in [1.165, 1.54) is 0 Å². The summed E-state index contributed by atoms with van der Waals surface area (Å²) in [5, 5.41) is 3.35. The van der Waals surface area contributed by atoms with Crippen molar-refractivity contribution >= 4 is 44.8 Å². The number of hydrogen-bond acceptors (Lipinski definition) is 6. The maximum Gasteiger partial charge on any atom is 0.231 e. The van der Waals surface area contributed by atoms with Crippen molar-refractivity contribution in [2.24, 2.45) is 0 Å². The fourth-order valence-electron chi connectivity index (χ4n) is 1.74. The maximum atomic E-state index is 5.93. The first-order valence-corrected chi connectivity index (χ1v) is 7.39. The van der Waals surface area contributed by atoms with Crippen LogP contribution in [0.3, 0.4) is 0 Å². The Morgan fingerprint density at radius 2 is 2.05 bits per heavy atom. The van der Waals surface area contributed by atoms with E-state index in [9.17, 15) is 0 Å². The van der Waals surface area contributed by atoms with Gasteiger partial charge in [0.1, 0.15) is 5.82 Å². The van der Waals surface area contributed by atoms with Gasteiger partial charge in [-0.1, -0.05) is 13.8 Å². The molecule has 5 nitrogen and oxygen atoms in total. The average Bonchev–Trinajstić information content (AvgIpc) is 2.85. The molecule has 0 atom stereocenters. The predicted molar refractivity (Wildman–Crippen MR) is 81.8 cm³/mol. The van der Waals surface area contributed by atoms with Crippen LogP contribution < -0.4 is 5.32 Å². The number of benzene rings is 1. The van der Waals surface area contributed by atoms with Crippen molar-refractivity contribution in [1.29, 1.82) is 0 Å². The van der Waals surface area contributed by atoms with Crippen LogP contribution in [-0.4, -0.2) is 19.9 Å². The minimum absolute atomic E-state index is 0.194. The van der Waals surface area contributed by atoms with Gasteiger partial charge in [-0.05, 0) is 29.8 Å². The molecule has 1 N–H and O–H groups in total. The van der Waals surface area contributed by atoms with Gasteiger partial charge in [0, 0.05) is 11.6 Å². The minimum atomic E-state index is 0.194. The summed E-state index contributed by atoms with van der Waals surface area (Å²) in [5.74, 6) is 1.32. The van der Waals surface area contributed by atoms with Crippen LogP contribution in [0, 0.1) is 0 Å². The van der Waals surface area contributed by atoms with Gasteiger partial charge in [0.2, 0.25) is 11.2 Å². The molecular weight excluding hydrogens is 294 g/mol. The van der Waals surface area contributed by atoms with Crippen molar-refractivity contribution in [3.8, 4) is 0 Å². The van der Waals surface area contributed by atoms with E-state index in [-0.39, 0.29) is 11.2 Å². The SMILES string of the molecule is CC(C)c1nc(Cl)nc(Nc2ccc3ncsc3c2)n1. The molecule has 102 valence electrons. The quantitative estimate of drug-likeness (QED) is 0.792. The van der Waals surface area contributed by atoms with Gasteiger partial charge in [0.05, 0.1) is 15.7 Å². The second-order valence-corrected chi connectivity index (χ2v) is 5.83. The number of thiazole rings is 1. The smallest absolute Gasteiger partial charge is 0.231 e. The number of rotatable bonds is 3. The summed E-state index contributed by atoms with van der Waals surface area (Å²) in [6.07, 6.45) is 0. The van der Waals surface area contributed by atoms with E-state index in [0.717, 1.165) is 15.9 Å². The highest BCUT2D eigenvalue weighted by molar-refractivity contribution is 7.16. The van der Waals surface area contributed by atoms with E-state index in [1.807, 2.05) is 37.6 Å². The van der Waals surface area contributed by atoms with Crippen LogP contribution in [0.15, 0.2) is 23.7 Å². The first kappa shape index (κ1) is 13.2. The molecule has 0 spiro atoms. The zero-order valence-electron chi connectivity index (χ0n) is 11.0. The molecule has 2 aromatic heterocycles. The van der Waals surface area contributed by atoms with E-state index in [0.29, 0.717) is 11.8 Å². The molecule has 0 aliphatic heterocycles. The Bertz CT molecular complexity index is 755. The summed E-state index contributed by atoms with van der Waals surface area (Å²) < 4.78 is 1.11. The molecule has 0 fully saturated rings. The lowest BCUT2D eigenvalue weighted by Crippen LogP contribution is -2.05. The molecule has 0 saturated heterocycles. The summed E-state index contributed by atoms with van der Waals surface area (Å²) in [4.78, 5) is 16.8. The molecule has 7 heteroatoms. The molecule has 3 rings (SSSR count). The van der Waals surface area contributed by atoms with E-state index >= 15 is 0 Å². The molecule has 0 saturated carbocycles. The van der Waals surface area contributed by atoms with Crippen molar-refractivity contribution in [3.63, 3.8) is 0 Å². The van der Waals surface area contributed by atoms with Crippen molar-refractivity contribution in [1.82, 2.24) is 19.9 Å². The van der Waals surface area contributed by atoms with Crippen molar-refractivity contribution in [2.45, 2.75) is 19.8 Å². The zero-order valence-corrected chi connectivity index (χ0v) is 12.5. The number of aromatic nitrogens is 4. The third kappa shape index (κ3) is 2.71. The highest BCUT2D eigenvalue weighted by atomic mass is 35.5. The Hall–Kier alpha value is -1.79. The molecule has 3 aromatic rings. The molecule has 0 aliphatic carbocycles. The third-order valence-corrected chi connectivity index (χ3v) is 3.69. The van der Waals surface area contributed by atoms with Gasteiger partial charge in [-0.25, -0.2) is 9.97 Å². The van der Waals surface area contributed by atoms with E-state index in [2.05, 4.69) is 25.3 Å². The highest BCUT2D eigenvalue weighted by Crippen LogP contribution is 2.24. The summed E-state index contributed by atoms with van der Waals surface area (Å²) >= 11 is 7.52. The minimum Gasteiger partial charge on any atom is -0.324 e. The Labute approximate surface area is 125 Å². The van der Waals surface area contributed by atoms with Gasteiger partial charge < -0.3 is 5.32 Å². The van der Waals surface area contributed by atoms with Gasteiger partial charge in [0.25, 0.3) is 0 Å². The highest BCUT2D eigenvalue weighted by Gasteiger charge is 2.09. The van der Waals surface area contributed by atoms with Crippen LogP contribution in [0.4, 0.5) is 11.6 Å². The molecule has 1 aromatic carbocycles. The molecule has 0 amide bonds. The van der Waals surface area contributed by atoms with Crippen LogP contribution in [-0.2, 0) is 0 Å². The Morgan fingerprint density at radius 3 is 2.85 bits per heavy atom. The number of nitrogens with zero attached hydrogens (tertiary/aromatic N) is 4. The van der Waals surface area contributed by atoms with Crippen LogP contribution >= 0.6 is 22.9 Å². The Morgan fingerprint density at radius 1 is 1.20 bits per heavy atom. The lowest BCUT2D eigenvalue weighted by Gasteiger charge is -2.08. The summed E-state index contributed by atoms with van der Waals surface area (Å²) in [7, 11) is 0. The number of halogens is 1. The normalized spacial score (nSPS) is 11.2. The molecule has 0 bridgehead atoms. The first-order chi connectivity index (χ1) is 9.61. The topological polar surface area (TPSA) is 63.6 Å². The van der Waals surface area contributed by atoms with Crippen molar-refractivity contribution < 1.29 is 0 Å². The lowest BCUT2D eigenvalue weighted by atomic mass is 10.2. The summed E-state index contributed by atoms with van der Waals surface area (Å²) in [6, 6.07) is 5.91. The number of nitrogens with one attached hydrogen (secondary N) is 1. The summed E-state index contributed by atoms with van der Waals surface area (Å²) in [6.45, 7) is 4.03. The Balaban J connectivity index is 1.93. The number of anilines is 2. The van der Waals surface area contributed by atoms with Gasteiger partial charge in [-0.3, -0.25) is 0 Å². The monoisotopic (exact) mass is 305 g/mol. The lowest BCUT2D eigenvalue weighted by molar-refractivity contribution is 0.763. The van der Waals surface area contributed by atoms with Crippen molar-refractivity contribution in [3.05, 3.63) is 34.8 Å². The maximum absolute atomic E-state index is 5.93. The Kier molecular flexibility index (Phi) is 3.50. The number of fused-ring (bicyclic) bond motifs is 1. The van der Waals surface area contributed by atoms with Gasteiger partial charge >= 0.3 is 0 Å². The van der Waals surface area contributed by atoms with E-state index in [1.54, 1.807) is 11.3 Å². The van der Waals surface area contributed by atoms with E-state index in [4.69, 9.17) is 11.6 Å². The van der Waals surface area contributed by atoms with E-state index < -0.39 is 0 Å². The molecule has 0 aliphatic rings. The molecular formula is C13H12ClN5S. The van der Waals surface area contributed by atoms with Crippen molar-refractivity contribution in [2.75, 3.05) is 5.32 Å². The average molecular weight is 306 g/mol. The second-order valence-electron chi connectivity index (χ2n) is 4.60. The van der Waals surface area contributed by atoms with Crippen LogP contribution in [0.5, 0.6) is 0 Å². The third-order valence-electron chi connectivity index (χ3n) is 2.73. The van der Waals surface area contributed by atoms with Crippen LogP contribution in [0.25, 0.3) is 10.2 Å². The summed E-state index contributed by atoms with van der Waals surface area (Å²) in [5.41, 5.74) is 3.71. The molecule has 20 heavy (non-hydrogen) atoms. The molecule has 2 heterocycles. The van der Waals surface area contributed by atoms with Crippen LogP contribution in [0.1, 0.15) is 25.6 Å².